The van der Waals surface area contributed by atoms with Crippen LogP contribution in [0.15, 0.2) is 72.9 Å². The van der Waals surface area contributed by atoms with E-state index in [9.17, 15) is 4.39 Å². The number of para-hydroxylation sites is 1. The van der Waals surface area contributed by atoms with Crippen molar-refractivity contribution < 1.29 is 4.39 Å². The molecule has 0 spiro atoms. The molecule has 5 nitrogen and oxygen atoms in total. The van der Waals surface area contributed by atoms with E-state index in [1.807, 2.05) is 54.8 Å². The molecule has 6 rings (SSSR count). The number of aryl methyl sites for hydroxylation is 1. The quantitative estimate of drug-likeness (QED) is 0.248. The number of thiocarbonyl (C=S) groups is 1. The van der Waals surface area contributed by atoms with Gasteiger partial charge in [-0.3, -0.25) is 4.98 Å². The van der Waals surface area contributed by atoms with E-state index in [2.05, 4.69) is 45.2 Å². The van der Waals surface area contributed by atoms with E-state index in [1.165, 1.54) is 18.9 Å². The van der Waals surface area contributed by atoms with Gasteiger partial charge in [0, 0.05) is 36.4 Å². The first-order chi connectivity index (χ1) is 19.3. The Kier molecular flexibility index (Phi) is 7.27. The highest BCUT2D eigenvalue weighted by atomic mass is 35.5. The maximum Gasteiger partial charge on any atom is 0.174 e. The Hall–Kier alpha value is -3.42. The van der Waals surface area contributed by atoms with E-state index in [0.717, 1.165) is 53.0 Å². The topological polar surface area (TPSA) is 36.3 Å². The zero-order valence-electron chi connectivity index (χ0n) is 22.9. The summed E-state index contributed by atoms with van der Waals surface area (Å²) >= 11 is 12.9. The monoisotopic (exact) mass is 573 g/mol. The molecule has 40 heavy (non-hydrogen) atoms. The van der Waals surface area contributed by atoms with E-state index in [1.54, 1.807) is 12.3 Å². The summed E-state index contributed by atoms with van der Waals surface area (Å²) in [6, 6.07) is 20.7. The average Bonchev–Trinajstić information content (AvgIpc) is 3.45. The number of pyridine rings is 1. The molecule has 0 aliphatic carbocycles. The summed E-state index contributed by atoms with van der Waals surface area (Å²) in [6.07, 6.45) is 4.14. The van der Waals surface area contributed by atoms with Crippen molar-refractivity contribution in [3.63, 3.8) is 0 Å². The Bertz CT molecular complexity index is 1550. The lowest BCUT2D eigenvalue weighted by molar-refractivity contribution is 0.438. The third-order valence-corrected chi connectivity index (χ3v) is 8.93. The summed E-state index contributed by atoms with van der Waals surface area (Å²) in [4.78, 5) is 9.19. The SMILES string of the molecule is Cc1cc([C@H]2[C@@H](c3ccccn3)NC(=S)N2c2ccc(N3CCC(C)CC3)c(Cl)c2)c(C)n1-c1ccccc1F. The number of hydrogen-bond acceptors (Lipinski definition) is 3. The molecule has 4 aromatic rings. The van der Waals surface area contributed by atoms with Gasteiger partial charge in [-0.25, -0.2) is 4.39 Å². The normalized spacial score (nSPS) is 19.8. The number of nitrogens with zero attached hydrogens (tertiary/aromatic N) is 4. The van der Waals surface area contributed by atoms with Gasteiger partial charge in [0.1, 0.15) is 5.82 Å². The third kappa shape index (κ3) is 4.75. The van der Waals surface area contributed by atoms with Crippen LogP contribution in [0.2, 0.25) is 5.02 Å². The van der Waals surface area contributed by atoms with Gasteiger partial charge in [0.15, 0.2) is 5.11 Å². The zero-order chi connectivity index (χ0) is 28.0. The number of benzene rings is 2. The van der Waals surface area contributed by atoms with Crippen molar-refractivity contribution in [2.24, 2.45) is 5.92 Å². The maximum absolute atomic E-state index is 14.9. The van der Waals surface area contributed by atoms with E-state index < -0.39 is 0 Å². The molecule has 1 N–H and O–H groups in total. The van der Waals surface area contributed by atoms with Gasteiger partial charge >= 0.3 is 0 Å². The molecule has 206 valence electrons. The second-order valence-corrected chi connectivity index (χ2v) is 11.7. The van der Waals surface area contributed by atoms with Gasteiger partial charge in [0.2, 0.25) is 0 Å². The van der Waals surface area contributed by atoms with E-state index in [0.29, 0.717) is 15.8 Å². The summed E-state index contributed by atoms with van der Waals surface area (Å²) in [5.41, 5.74) is 6.34. The van der Waals surface area contributed by atoms with E-state index in [-0.39, 0.29) is 17.9 Å². The van der Waals surface area contributed by atoms with Gasteiger partial charge in [-0.05, 0) is 98.9 Å². The summed E-state index contributed by atoms with van der Waals surface area (Å²) in [5, 5.41) is 4.85. The fourth-order valence-corrected chi connectivity index (χ4v) is 6.83. The lowest BCUT2D eigenvalue weighted by Crippen LogP contribution is -2.33. The van der Waals surface area contributed by atoms with E-state index >= 15 is 0 Å². The second kappa shape index (κ2) is 10.9. The van der Waals surface area contributed by atoms with Crippen LogP contribution >= 0.6 is 23.8 Å². The molecule has 2 fully saturated rings. The minimum atomic E-state index is -0.261. The van der Waals surface area contributed by atoms with Crippen LogP contribution in [0.3, 0.4) is 0 Å². The first kappa shape index (κ1) is 26.8. The summed E-state index contributed by atoms with van der Waals surface area (Å²) in [7, 11) is 0. The minimum Gasteiger partial charge on any atom is -0.370 e. The molecular formula is C32H33ClFN5S. The largest absolute Gasteiger partial charge is 0.370 e. The van der Waals surface area contributed by atoms with Crippen molar-refractivity contribution in [2.45, 2.75) is 45.7 Å². The van der Waals surface area contributed by atoms with Crippen LogP contribution in [-0.2, 0) is 0 Å². The lowest BCUT2D eigenvalue weighted by atomic mass is 9.96. The standard InChI is InChI=1S/C32H33ClFN5S/c1-20-13-16-37(17-14-20)28-12-11-23(19-25(28)33)39-31(30(36-32(39)40)27-9-6-7-15-35-27)24-18-21(2)38(22(24)3)29-10-5-4-8-26(29)34/h4-12,15,18-20,30-31H,13-14,16-17H2,1-3H3,(H,36,40)/t30-,31+/m1/s1. The van der Waals surface area contributed by atoms with Gasteiger partial charge in [0.05, 0.1) is 34.2 Å². The van der Waals surface area contributed by atoms with Crippen molar-refractivity contribution in [1.29, 1.82) is 0 Å². The number of hydrogen-bond donors (Lipinski definition) is 1. The fraction of sp³-hybridized carbons (Fsp3) is 0.312. The first-order valence-corrected chi connectivity index (χ1v) is 14.6. The molecule has 2 aromatic heterocycles. The molecule has 2 aromatic carbocycles. The number of halogens is 2. The Balaban J connectivity index is 1.45. The Morgan fingerprint density at radius 2 is 1.73 bits per heavy atom. The summed E-state index contributed by atoms with van der Waals surface area (Å²) in [5.74, 6) is 0.485. The van der Waals surface area contributed by atoms with Crippen molar-refractivity contribution >= 4 is 40.3 Å². The number of aromatic nitrogens is 2. The smallest absolute Gasteiger partial charge is 0.174 e. The number of nitrogens with one attached hydrogen (secondary N) is 1. The molecule has 2 aliphatic heterocycles. The van der Waals surface area contributed by atoms with Crippen molar-refractivity contribution in [3.8, 4) is 5.69 Å². The van der Waals surface area contributed by atoms with Crippen LogP contribution in [0.1, 0.15) is 54.5 Å². The predicted octanol–water partition coefficient (Wildman–Crippen LogP) is 7.70. The van der Waals surface area contributed by atoms with Crippen molar-refractivity contribution in [3.05, 3.63) is 106 Å². The van der Waals surface area contributed by atoms with Crippen LogP contribution in [-0.4, -0.2) is 27.8 Å². The maximum atomic E-state index is 14.9. The summed E-state index contributed by atoms with van der Waals surface area (Å²) < 4.78 is 16.9. The van der Waals surface area contributed by atoms with Crippen LogP contribution in [0, 0.1) is 25.6 Å². The van der Waals surface area contributed by atoms with Gasteiger partial charge in [-0.1, -0.05) is 36.7 Å². The molecule has 4 heterocycles. The van der Waals surface area contributed by atoms with Crippen molar-refractivity contribution in [2.75, 3.05) is 22.9 Å². The van der Waals surface area contributed by atoms with Gasteiger partial charge in [0.25, 0.3) is 0 Å². The molecule has 0 radical (unpaired) electrons. The predicted molar refractivity (Wildman–Crippen MR) is 165 cm³/mol. The zero-order valence-corrected chi connectivity index (χ0v) is 24.5. The Morgan fingerprint density at radius 3 is 2.42 bits per heavy atom. The average molecular weight is 574 g/mol. The first-order valence-electron chi connectivity index (χ1n) is 13.8. The highest BCUT2D eigenvalue weighted by molar-refractivity contribution is 7.80. The highest BCUT2D eigenvalue weighted by Gasteiger charge is 2.42. The molecule has 2 saturated heterocycles. The van der Waals surface area contributed by atoms with Crippen LogP contribution < -0.4 is 15.1 Å². The molecule has 0 bridgehead atoms. The molecule has 8 heteroatoms. The van der Waals surface area contributed by atoms with E-state index in [4.69, 9.17) is 23.8 Å². The van der Waals surface area contributed by atoms with Crippen LogP contribution in [0.25, 0.3) is 5.69 Å². The fourth-order valence-electron chi connectivity index (χ4n) is 6.19. The van der Waals surface area contributed by atoms with Gasteiger partial charge in [-0.2, -0.15) is 0 Å². The Morgan fingerprint density at radius 1 is 0.975 bits per heavy atom. The number of rotatable bonds is 5. The lowest BCUT2D eigenvalue weighted by Gasteiger charge is -2.33. The Labute approximate surface area is 245 Å². The van der Waals surface area contributed by atoms with Gasteiger partial charge in [-0.15, -0.1) is 0 Å². The number of anilines is 2. The minimum absolute atomic E-state index is 0.203. The molecule has 0 saturated carbocycles. The van der Waals surface area contributed by atoms with Crippen LogP contribution in [0.5, 0.6) is 0 Å². The number of piperidine rings is 1. The highest BCUT2D eigenvalue weighted by Crippen LogP contribution is 2.45. The molecule has 2 atom stereocenters. The van der Waals surface area contributed by atoms with Crippen LogP contribution in [0.4, 0.5) is 15.8 Å². The molecular weight excluding hydrogens is 541 g/mol. The third-order valence-electron chi connectivity index (χ3n) is 8.31. The second-order valence-electron chi connectivity index (χ2n) is 10.9. The molecule has 0 unspecified atom stereocenters. The van der Waals surface area contributed by atoms with Crippen molar-refractivity contribution in [1.82, 2.24) is 14.9 Å². The van der Waals surface area contributed by atoms with Gasteiger partial charge < -0.3 is 19.7 Å². The molecule has 0 amide bonds. The summed E-state index contributed by atoms with van der Waals surface area (Å²) in [6.45, 7) is 8.38. The molecule has 2 aliphatic rings.